The van der Waals surface area contributed by atoms with E-state index in [1.54, 1.807) is 11.6 Å². The number of sulfonamides is 1. The monoisotopic (exact) mass is 559 g/mol. The molecule has 2 aromatic rings. The molecule has 1 unspecified atom stereocenters. The van der Waals surface area contributed by atoms with Gasteiger partial charge in [0, 0.05) is 18.8 Å². The van der Waals surface area contributed by atoms with Crippen molar-refractivity contribution in [1.82, 2.24) is 15.1 Å². The molecule has 1 atom stereocenters. The number of aryl methyl sites for hydroxylation is 1. The van der Waals surface area contributed by atoms with Crippen LogP contribution in [-0.2, 0) is 19.6 Å². The third-order valence-corrected chi connectivity index (χ3v) is 7.99. The van der Waals surface area contributed by atoms with Gasteiger partial charge in [0.1, 0.15) is 16.7 Å². The van der Waals surface area contributed by atoms with Crippen molar-refractivity contribution in [3.05, 3.63) is 30.1 Å². The van der Waals surface area contributed by atoms with Gasteiger partial charge in [0.15, 0.2) is 0 Å². The highest BCUT2D eigenvalue weighted by Gasteiger charge is 2.51. The van der Waals surface area contributed by atoms with Gasteiger partial charge in [-0.2, -0.15) is 18.3 Å². The van der Waals surface area contributed by atoms with E-state index < -0.39 is 34.0 Å². The van der Waals surface area contributed by atoms with Gasteiger partial charge in [-0.1, -0.05) is 0 Å². The number of benzene rings is 1. The third-order valence-electron chi connectivity index (χ3n) is 6.11. The van der Waals surface area contributed by atoms with Gasteiger partial charge < -0.3 is 14.8 Å². The molecule has 1 aromatic carbocycles. The molecule has 4 rings (SSSR count). The van der Waals surface area contributed by atoms with E-state index in [9.17, 15) is 31.2 Å². The first kappa shape index (κ1) is 27.5. The zero-order valence-electron chi connectivity index (χ0n) is 21.1. The van der Waals surface area contributed by atoms with E-state index >= 15 is 0 Å². The SMILES string of the molecule is CC(=O)NCC1CN(S(=O)(=O)c2cn(C3CC3)nc2C)c2cc(NC(=O)OC(C)(C)C(F)(F)F)ccc2O1. The van der Waals surface area contributed by atoms with Crippen LogP contribution in [0.4, 0.5) is 29.3 Å². The maximum absolute atomic E-state index is 13.8. The summed E-state index contributed by atoms with van der Waals surface area (Å²) in [4.78, 5) is 23.6. The topological polar surface area (TPSA) is 132 Å². The molecule has 1 aliphatic heterocycles. The number of aromatic nitrogens is 2. The Kier molecular flexibility index (Phi) is 7.01. The van der Waals surface area contributed by atoms with Crippen LogP contribution in [0, 0.1) is 6.92 Å². The molecular weight excluding hydrogens is 531 g/mol. The first-order valence-electron chi connectivity index (χ1n) is 11.8. The fraction of sp³-hybridized carbons (Fsp3) is 0.522. The summed E-state index contributed by atoms with van der Waals surface area (Å²) in [6, 6.07) is 4.12. The van der Waals surface area contributed by atoms with E-state index in [0.29, 0.717) is 19.5 Å². The van der Waals surface area contributed by atoms with Crippen molar-refractivity contribution in [2.75, 3.05) is 22.7 Å². The van der Waals surface area contributed by atoms with Crippen molar-refractivity contribution in [3.63, 3.8) is 0 Å². The fourth-order valence-corrected chi connectivity index (χ4v) is 5.43. The van der Waals surface area contributed by atoms with Crippen LogP contribution in [-0.4, -0.2) is 61.2 Å². The van der Waals surface area contributed by atoms with Crippen LogP contribution < -0.4 is 19.7 Å². The van der Waals surface area contributed by atoms with E-state index in [1.165, 1.54) is 31.3 Å². The minimum Gasteiger partial charge on any atom is -0.484 e. The number of fused-ring (bicyclic) bond motifs is 1. The average Bonchev–Trinajstić information content (AvgIpc) is 3.57. The molecular formula is C23H28F3N5O6S. The summed E-state index contributed by atoms with van der Waals surface area (Å²) in [5.41, 5.74) is -2.41. The van der Waals surface area contributed by atoms with Gasteiger partial charge in [-0.05, 0) is 51.8 Å². The van der Waals surface area contributed by atoms with Crippen LogP contribution >= 0.6 is 0 Å². The summed E-state index contributed by atoms with van der Waals surface area (Å²) in [5.74, 6) is -0.188. The molecule has 208 valence electrons. The highest BCUT2D eigenvalue weighted by molar-refractivity contribution is 7.92. The van der Waals surface area contributed by atoms with E-state index in [4.69, 9.17) is 4.74 Å². The quantitative estimate of drug-likeness (QED) is 0.531. The lowest BCUT2D eigenvalue weighted by atomic mass is 10.1. The molecule has 2 amide bonds. The predicted molar refractivity (Wildman–Crippen MR) is 130 cm³/mol. The maximum Gasteiger partial charge on any atom is 0.427 e. The number of alkyl halides is 3. The molecule has 0 radical (unpaired) electrons. The number of nitrogens with zero attached hydrogens (tertiary/aromatic N) is 3. The molecule has 0 bridgehead atoms. The van der Waals surface area contributed by atoms with Crippen LogP contribution in [0.2, 0.25) is 0 Å². The molecule has 0 saturated heterocycles. The second-order valence-corrected chi connectivity index (χ2v) is 11.5. The third kappa shape index (κ3) is 5.66. The lowest BCUT2D eigenvalue weighted by molar-refractivity contribution is -0.242. The summed E-state index contributed by atoms with van der Waals surface area (Å²) in [5, 5.41) is 9.15. The lowest BCUT2D eigenvalue weighted by Gasteiger charge is -2.35. The van der Waals surface area contributed by atoms with Gasteiger partial charge in [0.05, 0.1) is 30.5 Å². The summed E-state index contributed by atoms with van der Waals surface area (Å²) in [6.07, 6.45) is -3.64. The number of ether oxygens (including phenoxy) is 2. The van der Waals surface area contributed by atoms with Crippen molar-refractivity contribution in [1.29, 1.82) is 0 Å². The molecule has 15 heteroatoms. The number of hydrogen-bond donors (Lipinski definition) is 2. The van der Waals surface area contributed by atoms with Crippen LogP contribution in [0.3, 0.4) is 0 Å². The Hall–Kier alpha value is -3.49. The number of rotatable bonds is 7. The average molecular weight is 560 g/mol. The summed E-state index contributed by atoms with van der Waals surface area (Å²) >= 11 is 0. The second-order valence-electron chi connectivity index (χ2n) is 9.71. The van der Waals surface area contributed by atoms with Gasteiger partial charge in [0.25, 0.3) is 10.0 Å². The molecule has 2 aliphatic rings. The largest absolute Gasteiger partial charge is 0.484 e. The molecule has 11 nitrogen and oxygen atoms in total. The van der Waals surface area contributed by atoms with Crippen LogP contribution in [0.1, 0.15) is 45.3 Å². The first-order chi connectivity index (χ1) is 17.6. The standard InChI is InChI=1S/C23H28F3N5O6S/c1-13-20(12-30(29-13)16-6-7-16)38(34,35)31-11-17(10-27-14(2)32)36-19-8-5-15(9-18(19)31)28-21(33)37-22(3,4)23(24,25)26/h5,8-9,12,16-17H,6-7,10-11H2,1-4H3,(H,27,32)(H,28,33). The van der Waals surface area contributed by atoms with Crippen molar-refractivity contribution in [2.24, 2.45) is 0 Å². The Morgan fingerprint density at radius 2 is 1.92 bits per heavy atom. The summed E-state index contributed by atoms with van der Waals surface area (Å²) < 4.78 is 80.1. The minimum atomic E-state index is -4.80. The first-order valence-corrected chi connectivity index (χ1v) is 13.2. The van der Waals surface area contributed by atoms with Gasteiger partial charge in [0.2, 0.25) is 11.5 Å². The van der Waals surface area contributed by atoms with Crippen molar-refractivity contribution >= 4 is 33.4 Å². The number of nitrogens with one attached hydrogen (secondary N) is 2. The molecule has 0 spiro atoms. The van der Waals surface area contributed by atoms with Crippen LogP contribution in [0.25, 0.3) is 0 Å². The molecule has 2 heterocycles. The predicted octanol–water partition coefficient (Wildman–Crippen LogP) is 3.51. The fourth-order valence-electron chi connectivity index (χ4n) is 3.78. The summed E-state index contributed by atoms with van der Waals surface area (Å²) in [6.45, 7) is 4.16. The Labute approximate surface area is 217 Å². The zero-order chi connectivity index (χ0) is 28.0. The van der Waals surface area contributed by atoms with Gasteiger partial charge in [-0.15, -0.1) is 0 Å². The molecule has 1 aliphatic carbocycles. The smallest absolute Gasteiger partial charge is 0.427 e. The second kappa shape index (κ2) is 9.67. The number of amides is 2. The summed E-state index contributed by atoms with van der Waals surface area (Å²) in [7, 11) is -4.19. The van der Waals surface area contributed by atoms with Gasteiger partial charge >= 0.3 is 12.3 Å². The van der Waals surface area contributed by atoms with Crippen molar-refractivity contribution in [3.8, 4) is 5.75 Å². The Morgan fingerprint density at radius 3 is 2.53 bits per heavy atom. The Bertz CT molecular complexity index is 1350. The number of carbonyl (C=O) groups is 2. The molecule has 1 fully saturated rings. The van der Waals surface area contributed by atoms with Crippen molar-refractivity contribution in [2.45, 2.75) is 69.4 Å². The minimum absolute atomic E-state index is 0.0127. The number of hydrogen-bond acceptors (Lipinski definition) is 7. The van der Waals surface area contributed by atoms with E-state index in [-0.39, 0.29) is 47.1 Å². The molecule has 1 aromatic heterocycles. The Morgan fingerprint density at radius 1 is 1.24 bits per heavy atom. The normalized spacial score (nSPS) is 17.9. The Balaban J connectivity index is 1.66. The van der Waals surface area contributed by atoms with Crippen LogP contribution in [0.5, 0.6) is 5.75 Å². The molecule has 1 saturated carbocycles. The lowest BCUT2D eigenvalue weighted by Crippen LogP contribution is -2.48. The number of carbonyl (C=O) groups excluding carboxylic acids is 2. The van der Waals surface area contributed by atoms with Gasteiger partial charge in [-0.3, -0.25) is 19.1 Å². The highest BCUT2D eigenvalue weighted by Crippen LogP contribution is 2.41. The van der Waals surface area contributed by atoms with Gasteiger partial charge in [-0.25, -0.2) is 13.2 Å². The van der Waals surface area contributed by atoms with E-state index in [0.717, 1.165) is 17.1 Å². The number of anilines is 2. The molecule has 38 heavy (non-hydrogen) atoms. The zero-order valence-corrected chi connectivity index (χ0v) is 21.9. The maximum atomic E-state index is 13.8. The van der Waals surface area contributed by atoms with E-state index in [2.05, 4.69) is 20.5 Å². The molecule has 2 N–H and O–H groups in total. The van der Waals surface area contributed by atoms with E-state index in [1.807, 2.05) is 0 Å². The number of halogens is 3. The van der Waals surface area contributed by atoms with Crippen LogP contribution in [0.15, 0.2) is 29.3 Å². The highest BCUT2D eigenvalue weighted by atomic mass is 32.2. The van der Waals surface area contributed by atoms with Crippen molar-refractivity contribution < 1.29 is 40.7 Å².